The molecule has 1 aromatic rings. The fourth-order valence-electron chi connectivity index (χ4n) is 3.19. The van der Waals surface area contributed by atoms with Crippen LogP contribution >= 0.6 is 0 Å². The number of hydrogen-bond donors (Lipinski definition) is 1. The van der Waals surface area contributed by atoms with Gasteiger partial charge in [-0.2, -0.15) is 5.69 Å². The first-order valence-corrected chi connectivity index (χ1v) is 7.85. The first-order chi connectivity index (χ1) is 9.71. The Bertz CT molecular complexity index is 542. The number of aromatic nitrogens is 1. The summed E-state index contributed by atoms with van der Waals surface area (Å²) in [6, 6.07) is 0. The van der Waals surface area contributed by atoms with Gasteiger partial charge in [-0.3, -0.25) is 0 Å². The van der Waals surface area contributed by atoms with Crippen molar-refractivity contribution in [2.45, 2.75) is 52.9 Å². The second kappa shape index (κ2) is 10.5. The third-order valence-corrected chi connectivity index (χ3v) is 3.85. The van der Waals surface area contributed by atoms with Crippen LogP contribution in [0.25, 0.3) is 12.2 Å². The molecule has 0 saturated carbocycles. The predicted octanol–water partition coefficient (Wildman–Crippen LogP) is 2.45. The Morgan fingerprint density at radius 3 is 2.57 bits per heavy atom. The van der Waals surface area contributed by atoms with E-state index in [-0.39, 0.29) is 32.7 Å². The molecule has 0 unspecified atom stereocenters. The Morgan fingerprint density at radius 2 is 2.05 bits per heavy atom. The van der Waals surface area contributed by atoms with E-state index in [1.807, 2.05) is 26.0 Å². The van der Waals surface area contributed by atoms with E-state index in [0.717, 1.165) is 24.7 Å². The Morgan fingerprint density at radius 1 is 1.38 bits per heavy atom. The molecule has 1 radical (unpaired) electrons. The van der Waals surface area contributed by atoms with Crippen molar-refractivity contribution in [2.75, 3.05) is 6.54 Å². The molecule has 2 nitrogen and oxygen atoms in total. The minimum Gasteiger partial charge on any atom is -0.661 e. The third kappa shape index (κ3) is 4.91. The number of nitrogens with zero attached hydrogens (tertiary/aromatic N) is 1. The van der Waals surface area contributed by atoms with Crippen molar-refractivity contribution in [1.29, 1.82) is 0 Å². The number of allylic oxidation sites excluding steroid dienone is 1. The summed E-state index contributed by atoms with van der Waals surface area (Å²) in [6.45, 7) is 12.9. The van der Waals surface area contributed by atoms with E-state index in [0.29, 0.717) is 11.8 Å². The van der Waals surface area contributed by atoms with Gasteiger partial charge in [-0.1, -0.05) is 51.1 Å². The van der Waals surface area contributed by atoms with Crippen LogP contribution in [0.4, 0.5) is 0 Å². The van der Waals surface area contributed by atoms with E-state index in [1.165, 1.54) is 22.9 Å². The van der Waals surface area contributed by atoms with Crippen molar-refractivity contribution >= 4 is 12.2 Å². The molecule has 2 rings (SSSR count). The molecule has 0 spiro atoms. The standard InChI is InChI=1S/C16H23N2.C2H6.Y/c1-4-6-14-13(5-2)16-12(7-8-17)9-11(3)10-15(16)18-14;1-2;/h4-6,11-12H,1,7-10,17H2,2-3H3;1-2H3;/q-1;;/b13-5+,14-6+;;/t11-,12+;;/m1../s1. The maximum absolute atomic E-state index is 5.76. The molecule has 0 aliphatic heterocycles. The summed E-state index contributed by atoms with van der Waals surface area (Å²) < 4.78 is 0. The van der Waals surface area contributed by atoms with Gasteiger partial charge in [-0.25, -0.2) is 0 Å². The third-order valence-electron chi connectivity index (χ3n) is 3.85. The maximum atomic E-state index is 5.76. The summed E-state index contributed by atoms with van der Waals surface area (Å²) in [5, 5.41) is 2.38. The molecule has 0 saturated heterocycles. The number of fused-ring (bicyclic) bond motifs is 1. The molecule has 115 valence electrons. The quantitative estimate of drug-likeness (QED) is 0.897. The van der Waals surface area contributed by atoms with Crippen molar-refractivity contribution in [3.05, 3.63) is 34.5 Å². The molecular formula is C18H29N2Y-. The Kier molecular flexibility index (Phi) is 10.4. The van der Waals surface area contributed by atoms with Gasteiger partial charge in [0, 0.05) is 32.7 Å². The molecule has 1 heterocycles. The monoisotopic (exact) mass is 362 g/mol. The molecule has 0 fully saturated rings. The molecule has 21 heavy (non-hydrogen) atoms. The smallest absolute Gasteiger partial charge is 0 e. The van der Waals surface area contributed by atoms with Crippen molar-refractivity contribution in [3.8, 4) is 0 Å². The Hall–Kier alpha value is -0.176. The van der Waals surface area contributed by atoms with Crippen molar-refractivity contribution in [1.82, 2.24) is 4.98 Å². The molecule has 2 atom stereocenters. The second-order valence-electron chi connectivity index (χ2n) is 5.28. The van der Waals surface area contributed by atoms with E-state index in [1.54, 1.807) is 0 Å². The molecule has 1 aromatic heterocycles. The van der Waals surface area contributed by atoms with E-state index in [9.17, 15) is 0 Å². The van der Waals surface area contributed by atoms with Crippen LogP contribution in [0.15, 0.2) is 12.7 Å². The van der Waals surface area contributed by atoms with E-state index >= 15 is 0 Å². The van der Waals surface area contributed by atoms with Gasteiger partial charge in [-0.05, 0) is 49.8 Å². The summed E-state index contributed by atoms with van der Waals surface area (Å²) in [5.41, 5.74) is 8.50. The van der Waals surface area contributed by atoms with Gasteiger partial charge in [0.1, 0.15) is 0 Å². The Labute approximate surface area is 154 Å². The Balaban J connectivity index is 0.00000128. The van der Waals surface area contributed by atoms with Crippen molar-refractivity contribution < 1.29 is 32.7 Å². The molecule has 1 aliphatic carbocycles. The zero-order valence-corrected chi connectivity index (χ0v) is 16.9. The van der Waals surface area contributed by atoms with Crippen LogP contribution in [-0.2, 0) is 39.1 Å². The summed E-state index contributed by atoms with van der Waals surface area (Å²) in [7, 11) is 0. The number of rotatable bonds is 3. The molecule has 1 aliphatic rings. The normalized spacial score (nSPS) is 22.0. The van der Waals surface area contributed by atoms with Crippen LogP contribution in [0.5, 0.6) is 0 Å². The molecular weight excluding hydrogens is 333 g/mol. The van der Waals surface area contributed by atoms with Crippen LogP contribution in [0.2, 0.25) is 0 Å². The maximum Gasteiger partial charge on any atom is 0 e. The van der Waals surface area contributed by atoms with Crippen LogP contribution < -0.4 is 21.3 Å². The van der Waals surface area contributed by atoms with Crippen molar-refractivity contribution in [3.63, 3.8) is 0 Å². The molecule has 3 heteroatoms. The van der Waals surface area contributed by atoms with Crippen molar-refractivity contribution in [2.24, 2.45) is 11.7 Å². The van der Waals surface area contributed by atoms with Gasteiger partial charge < -0.3 is 10.7 Å². The molecule has 0 amide bonds. The van der Waals surface area contributed by atoms with Crippen LogP contribution in [-0.4, -0.2) is 6.54 Å². The number of nitrogens with two attached hydrogens (primary N) is 1. The van der Waals surface area contributed by atoms with Gasteiger partial charge in [0.2, 0.25) is 0 Å². The fourth-order valence-corrected chi connectivity index (χ4v) is 3.19. The van der Waals surface area contributed by atoms with E-state index < -0.39 is 0 Å². The summed E-state index contributed by atoms with van der Waals surface area (Å²) in [5.74, 6) is 1.30. The van der Waals surface area contributed by atoms with Gasteiger partial charge in [0.15, 0.2) is 0 Å². The average molecular weight is 362 g/mol. The summed E-state index contributed by atoms with van der Waals surface area (Å²) in [4.78, 5) is 4.80. The fraction of sp³-hybridized carbons (Fsp3) is 0.556. The minimum atomic E-state index is 0. The van der Waals surface area contributed by atoms with Gasteiger partial charge >= 0.3 is 0 Å². The summed E-state index contributed by atoms with van der Waals surface area (Å²) in [6.07, 6.45) is 9.42. The van der Waals surface area contributed by atoms with Gasteiger partial charge in [0.05, 0.1) is 0 Å². The zero-order chi connectivity index (χ0) is 15.1. The minimum absolute atomic E-state index is 0. The van der Waals surface area contributed by atoms with Crippen LogP contribution in [0.1, 0.15) is 57.7 Å². The van der Waals surface area contributed by atoms with Gasteiger partial charge in [0.25, 0.3) is 0 Å². The molecule has 0 aromatic carbocycles. The predicted molar refractivity (Wildman–Crippen MR) is 89.1 cm³/mol. The average Bonchev–Trinajstić information content (AvgIpc) is 2.79. The van der Waals surface area contributed by atoms with E-state index in [2.05, 4.69) is 26.5 Å². The zero-order valence-electron chi connectivity index (χ0n) is 14.0. The van der Waals surface area contributed by atoms with Gasteiger partial charge in [-0.15, -0.1) is 5.35 Å². The topological polar surface area (TPSA) is 40.1 Å². The second-order valence-corrected chi connectivity index (χ2v) is 5.28. The first-order valence-electron chi connectivity index (χ1n) is 7.85. The number of hydrogen-bond acceptors (Lipinski definition) is 1. The summed E-state index contributed by atoms with van der Waals surface area (Å²) >= 11 is 0. The SMILES string of the molecule is C=C/C=c1/[n-]c2c(/c1=C/C)[C@@H](CCN)C[C@@H](C)C2.CC.[Y]. The molecule has 0 bridgehead atoms. The first kappa shape index (κ1) is 20.8. The van der Waals surface area contributed by atoms with Crippen LogP contribution in [0.3, 0.4) is 0 Å². The van der Waals surface area contributed by atoms with E-state index in [4.69, 9.17) is 10.7 Å². The van der Waals surface area contributed by atoms with Crippen LogP contribution in [0, 0.1) is 5.92 Å². The largest absolute Gasteiger partial charge is 0.661 e. The molecule has 2 N–H and O–H groups in total.